The summed E-state index contributed by atoms with van der Waals surface area (Å²) in [4.78, 5) is 18.3. The van der Waals surface area contributed by atoms with Crippen molar-refractivity contribution in [1.82, 2.24) is 0 Å². The van der Waals surface area contributed by atoms with E-state index < -0.39 is 5.97 Å². The maximum Gasteiger partial charge on any atom is 0.359 e. The zero-order valence-electron chi connectivity index (χ0n) is 8.91. The molecule has 1 aliphatic heterocycles. The number of nitrogens with zero attached hydrogens (tertiary/aromatic N) is 1. The molecule has 0 aliphatic carbocycles. The SMILES string of the molecule is CON=C(C(=O)O)C1=CSc2ccccc2S1. The summed E-state index contributed by atoms with van der Waals surface area (Å²) in [5, 5.41) is 14.3. The summed E-state index contributed by atoms with van der Waals surface area (Å²) in [7, 11) is 1.33. The normalized spacial score (nSPS) is 14.9. The van der Waals surface area contributed by atoms with Crippen LogP contribution < -0.4 is 0 Å². The van der Waals surface area contributed by atoms with Crippen LogP contribution >= 0.6 is 23.5 Å². The average molecular weight is 267 g/mol. The van der Waals surface area contributed by atoms with E-state index in [9.17, 15) is 4.79 Å². The molecular formula is C11H9NO3S2. The standard InChI is InChI=1S/C11H9NO3S2/c1-15-12-10(11(13)14)9-6-16-7-4-2-3-5-8(7)17-9/h2-6H,1H3,(H,13,14). The number of carboxylic acids is 1. The molecule has 88 valence electrons. The fourth-order valence-electron chi connectivity index (χ4n) is 1.28. The van der Waals surface area contributed by atoms with E-state index in [4.69, 9.17) is 5.11 Å². The lowest BCUT2D eigenvalue weighted by Crippen LogP contribution is -2.15. The minimum atomic E-state index is -1.09. The third-order valence-corrected chi connectivity index (χ3v) is 4.33. The lowest BCUT2D eigenvalue weighted by molar-refractivity contribution is -0.129. The van der Waals surface area contributed by atoms with Crippen molar-refractivity contribution in [1.29, 1.82) is 0 Å². The van der Waals surface area contributed by atoms with Gasteiger partial charge in [-0.15, -0.1) is 0 Å². The maximum atomic E-state index is 11.0. The first kappa shape index (κ1) is 12.1. The number of aliphatic carboxylic acids is 1. The van der Waals surface area contributed by atoms with Gasteiger partial charge in [-0.05, 0) is 17.5 Å². The summed E-state index contributed by atoms with van der Waals surface area (Å²) in [6.07, 6.45) is 0. The number of fused-ring (bicyclic) bond motifs is 1. The Hall–Kier alpha value is -1.40. The van der Waals surface area contributed by atoms with Crippen LogP contribution in [0.3, 0.4) is 0 Å². The minimum absolute atomic E-state index is 0.0699. The monoisotopic (exact) mass is 267 g/mol. The first-order chi connectivity index (χ1) is 8.22. The maximum absolute atomic E-state index is 11.0. The summed E-state index contributed by atoms with van der Waals surface area (Å²) in [6, 6.07) is 7.82. The molecule has 1 N–H and O–H groups in total. The highest BCUT2D eigenvalue weighted by molar-refractivity contribution is 8.09. The molecule has 17 heavy (non-hydrogen) atoms. The average Bonchev–Trinajstić information content (AvgIpc) is 2.35. The highest BCUT2D eigenvalue weighted by Crippen LogP contribution is 2.42. The van der Waals surface area contributed by atoms with Gasteiger partial charge in [-0.2, -0.15) is 0 Å². The number of carboxylic acid groups (broad SMARTS) is 1. The molecule has 0 bridgehead atoms. The Kier molecular flexibility index (Phi) is 3.75. The van der Waals surface area contributed by atoms with Crippen molar-refractivity contribution in [2.75, 3.05) is 7.11 Å². The molecule has 1 aliphatic rings. The summed E-state index contributed by atoms with van der Waals surface area (Å²) in [6.45, 7) is 0. The molecule has 0 amide bonds. The topological polar surface area (TPSA) is 58.9 Å². The molecule has 6 heteroatoms. The van der Waals surface area contributed by atoms with Gasteiger partial charge < -0.3 is 9.94 Å². The van der Waals surface area contributed by atoms with Crippen LogP contribution in [0.4, 0.5) is 0 Å². The highest BCUT2D eigenvalue weighted by atomic mass is 32.2. The molecule has 2 rings (SSSR count). The number of thioether (sulfide) groups is 2. The van der Waals surface area contributed by atoms with E-state index in [1.54, 1.807) is 5.41 Å². The Morgan fingerprint density at radius 3 is 2.71 bits per heavy atom. The van der Waals surface area contributed by atoms with Crippen LogP contribution in [0.5, 0.6) is 0 Å². The van der Waals surface area contributed by atoms with Gasteiger partial charge in [-0.3, -0.25) is 0 Å². The van der Waals surface area contributed by atoms with E-state index in [1.807, 2.05) is 24.3 Å². The van der Waals surface area contributed by atoms with Gasteiger partial charge in [-0.1, -0.05) is 40.8 Å². The van der Waals surface area contributed by atoms with Crippen LogP contribution in [0.15, 0.2) is 49.5 Å². The van der Waals surface area contributed by atoms with E-state index >= 15 is 0 Å². The van der Waals surface area contributed by atoms with Crippen LogP contribution in [0.1, 0.15) is 0 Å². The fourth-order valence-corrected chi connectivity index (χ4v) is 3.34. The molecule has 0 aromatic heterocycles. The van der Waals surface area contributed by atoms with Crippen LogP contribution in [-0.4, -0.2) is 23.9 Å². The minimum Gasteiger partial charge on any atom is -0.476 e. The summed E-state index contributed by atoms with van der Waals surface area (Å²) in [5.74, 6) is -1.09. The van der Waals surface area contributed by atoms with Crippen LogP contribution in [0.25, 0.3) is 0 Å². The second-order valence-electron chi connectivity index (χ2n) is 3.08. The number of rotatable bonds is 3. The van der Waals surface area contributed by atoms with E-state index in [2.05, 4.69) is 9.99 Å². The summed E-state index contributed by atoms with van der Waals surface area (Å²) in [5.41, 5.74) is -0.0699. The van der Waals surface area contributed by atoms with Crippen molar-refractivity contribution in [3.05, 3.63) is 34.6 Å². The fraction of sp³-hybridized carbons (Fsp3) is 0.0909. The van der Waals surface area contributed by atoms with Crippen LogP contribution in [0.2, 0.25) is 0 Å². The van der Waals surface area contributed by atoms with E-state index in [0.29, 0.717) is 4.91 Å². The third kappa shape index (κ3) is 2.65. The third-order valence-electron chi connectivity index (χ3n) is 1.98. The zero-order chi connectivity index (χ0) is 12.3. The summed E-state index contributed by atoms with van der Waals surface area (Å²) < 4.78 is 0. The molecule has 0 radical (unpaired) electrons. The van der Waals surface area contributed by atoms with Crippen molar-refractivity contribution >= 4 is 35.2 Å². The van der Waals surface area contributed by atoms with Gasteiger partial charge in [0.1, 0.15) is 7.11 Å². The largest absolute Gasteiger partial charge is 0.476 e. The highest BCUT2D eigenvalue weighted by Gasteiger charge is 2.22. The molecule has 1 heterocycles. The van der Waals surface area contributed by atoms with Gasteiger partial charge in [0.05, 0.1) is 4.91 Å². The number of oxime groups is 1. The first-order valence-electron chi connectivity index (χ1n) is 4.71. The molecule has 0 unspecified atom stereocenters. The predicted molar refractivity (Wildman–Crippen MR) is 68.3 cm³/mol. The quantitative estimate of drug-likeness (QED) is 0.674. The summed E-state index contributed by atoms with van der Waals surface area (Å²) >= 11 is 2.87. The van der Waals surface area contributed by atoms with Gasteiger partial charge in [0.15, 0.2) is 0 Å². The van der Waals surface area contributed by atoms with Crippen molar-refractivity contribution in [2.45, 2.75) is 9.79 Å². The molecule has 0 spiro atoms. The number of hydrogen-bond acceptors (Lipinski definition) is 5. The van der Waals surface area contributed by atoms with Gasteiger partial charge in [0.2, 0.25) is 5.71 Å². The zero-order valence-corrected chi connectivity index (χ0v) is 10.5. The van der Waals surface area contributed by atoms with Crippen molar-refractivity contribution in [3.63, 3.8) is 0 Å². The molecule has 0 saturated heterocycles. The Bertz CT molecular complexity index is 511. The number of benzene rings is 1. The second-order valence-corrected chi connectivity index (χ2v) is 5.07. The molecule has 1 aromatic carbocycles. The van der Waals surface area contributed by atoms with Crippen LogP contribution in [0, 0.1) is 0 Å². The Labute approximate surface area is 107 Å². The van der Waals surface area contributed by atoms with Gasteiger partial charge in [0, 0.05) is 9.79 Å². The molecule has 0 atom stereocenters. The van der Waals surface area contributed by atoms with E-state index in [0.717, 1.165) is 9.79 Å². The molecule has 0 saturated carbocycles. The Morgan fingerprint density at radius 2 is 2.06 bits per heavy atom. The Morgan fingerprint density at radius 1 is 1.35 bits per heavy atom. The predicted octanol–water partition coefficient (Wildman–Crippen LogP) is 2.81. The van der Waals surface area contributed by atoms with Crippen molar-refractivity contribution < 1.29 is 14.7 Å². The number of hydrogen-bond donors (Lipinski definition) is 1. The first-order valence-corrected chi connectivity index (χ1v) is 6.40. The van der Waals surface area contributed by atoms with Gasteiger partial charge in [-0.25, -0.2) is 4.79 Å². The van der Waals surface area contributed by atoms with Gasteiger partial charge in [0.25, 0.3) is 0 Å². The molecular weight excluding hydrogens is 258 g/mol. The Balaban J connectivity index is 2.29. The lowest BCUT2D eigenvalue weighted by Gasteiger charge is -2.14. The van der Waals surface area contributed by atoms with Gasteiger partial charge >= 0.3 is 5.97 Å². The lowest BCUT2D eigenvalue weighted by atomic mass is 10.3. The van der Waals surface area contributed by atoms with E-state index in [-0.39, 0.29) is 5.71 Å². The second kappa shape index (κ2) is 5.29. The molecule has 1 aromatic rings. The van der Waals surface area contributed by atoms with Crippen molar-refractivity contribution in [2.24, 2.45) is 5.16 Å². The van der Waals surface area contributed by atoms with E-state index in [1.165, 1.54) is 30.6 Å². The van der Waals surface area contributed by atoms with Crippen LogP contribution in [-0.2, 0) is 9.63 Å². The van der Waals surface area contributed by atoms with Crippen molar-refractivity contribution in [3.8, 4) is 0 Å². The molecule has 4 nitrogen and oxygen atoms in total. The number of carbonyl (C=O) groups is 1. The smallest absolute Gasteiger partial charge is 0.359 e. The molecule has 0 fully saturated rings.